The van der Waals surface area contributed by atoms with E-state index in [2.05, 4.69) is 44.5 Å². The summed E-state index contributed by atoms with van der Waals surface area (Å²) in [6, 6.07) is 19.5. The van der Waals surface area contributed by atoms with Crippen LogP contribution in [0.4, 0.5) is 10.5 Å². The van der Waals surface area contributed by atoms with Crippen molar-refractivity contribution in [3.63, 3.8) is 0 Å². The second-order valence-corrected chi connectivity index (χ2v) is 7.81. The molecule has 0 bridgehead atoms. The molecular formula is C24H21IN4O4. The molecule has 0 aliphatic heterocycles. The SMILES string of the molecule is COc1ccc(NC(=O)NN=Cc2cc(I)c(OCc3ccccc3C#N)c(OC)c2)cc1. The second-order valence-electron chi connectivity index (χ2n) is 6.64. The lowest BCUT2D eigenvalue weighted by atomic mass is 10.1. The van der Waals surface area contributed by atoms with Crippen molar-refractivity contribution < 1.29 is 19.0 Å². The summed E-state index contributed by atoms with van der Waals surface area (Å²) in [6.07, 6.45) is 1.51. The highest BCUT2D eigenvalue weighted by Gasteiger charge is 2.12. The van der Waals surface area contributed by atoms with Gasteiger partial charge in [-0.3, -0.25) is 0 Å². The molecule has 0 radical (unpaired) electrons. The Hall–Kier alpha value is -3.78. The fraction of sp³-hybridized carbons (Fsp3) is 0.125. The van der Waals surface area contributed by atoms with Crippen LogP contribution in [0.2, 0.25) is 0 Å². The van der Waals surface area contributed by atoms with Crippen molar-refractivity contribution in [1.29, 1.82) is 5.26 Å². The summed E-state index contributed by atoms with van der Waals surface area (Å²) in [5, 5.41) is 15.9. The first-order valence-corrected chi connectivity index (χ1v) is 10.8. The molecule has 168 valence electrons. The standard InChI is InChI=1S/C24H21IN4O4/c1-31-20-9-7-19(8-10-20)28-24(30)29-27-14-16-11-21(25)23(22(12-16)32-2)33-15-18-6-4-3-5-17(18)13-26/h3-12,14H,15H2,1-2H3,(H2,28,29,30). The van der Waals surface area contributed by atoms with Gasteiger partial charge in [-0.15, -0.1) is 0 Å². The minimum Gasteiger partial charge on any atom is -0.497 e. The summed E-state index contributed by atoms with van der Waals surface area (Å²) in [5.74, 6) is 1.78. The van der Waals surface area contributed by atoms with E-state index in [0.29, 0.717) is 34.1 Å². The van der Waals surface area contributed by atoms with Gasteiger partial charge in [-0.2, -0.15) is 10.4 Å². The van der Waals surface area contributed by atoms with Crippen LogP contribution >= 0.6 is 22.6 Å². The largest absolute Gasteiger partial charge is 0.497 e. The van der Waals surface area contributed by atoms with Crippen molar-refractivity contribution in [3.8, 4) is 23.3 Å². The van der Waals surface area contributed by atoms with Gasteiger partial charge in [-0.25, -0.2) is 10.2 Å². The minimum absolute atomic E-state index is 0.233. The summed E-state index contributed by atoms with van der Waals surface area (Å²) in [7, 11) is 3.12. The summed E-state index contributed by atoms with van der Waals surface area (Å²) in [5.41, 5.74) is 5.10. The van der Waals surface area contributed by atoms with Gasteiger partial charge in [-0.1, -0.05) is 18.2 Å². The Kier molecular flexibility index (Phi) is 8.49. The molecule has 0 unspecified atom stereocenters. The number of amides is 2. The number of rotatable bonds is 8. The van der Waals surface area contributed by atoms with Crippen LogP contribution in [0, 0.1) is 14.9 Å². The monoisotopic (exact) mass is 556 g/mol. The highest BCUT2D eigenvalue weighted by atomic mass is 127. The molecule has 0 spiro atoms. The van der Waals surface area contributed by atoms with Crippen LogP contribution in [0.5, 0.6) is 17.2 Å². The number of carbonyl (C=O) groups is 1. The maximum Gasteiger partial charge on any atom is 0.339 e. The molecule has 0 fully saturated rings. The van der Waals surface area contributed by atoms with E-state index in [-0.39, 0.29) is 6.61 Å². The van der Waals surface area contributed by atoms with E-state index in [9.17, 15) is 10.1 Å². The molecule has 2 N–H and O–H groups in total. The van der Waals surface area contributed by atoms with Gasteiger partial charge >= 0.3 is 6.03 Å². The average Bonchev–Trinajstić information content (AvgIpc) is 2.83. The molecule has 9 heteroatoms. The molecule has 3 rings (SSSR count). The third kappa shape index (κ3) is 6.60. The Morgan fingerprint density at radius 3 is 2.58 bits per heavy atom. The number of carbonyl (C=O) groups excluding carboxylic acids is 1. The smallest absolute Gasteiger partial charge is 0.339 e. The van der Waals surface area contributed by atoms with Crippen LogP contribution in [0.15, 0.2) is 65.8 Å². The van der Waals surface area contributed by atoms with E-state index in [4.69, 9.17) is 14.2 Å². The molecule has 2 amide bonds. The van der Waals surface area contributed by atoms with Gasteiger partial charge < -0.3 is 19.5 Å². The Balaban J connectivity index is 1.64. The fourth-order valence-corrected chi connectivity index (χ4v) is 3.64. The van der Waals surface area contributed by atoms with Crippen molar-refractivity contribution in [2.24, 2.45) is 5.10 Å². The van der Waals surface area contributed by atoms with Gasteiger partial charge in [0.2, 0.25) is 0 Å². The molecule has 0 heterocycles. The van der Waals surface area contributed by atoms with E-state index in [1.165, 1.54) is 6.21 Å². The number of ether oxygens (including phenoxy) is 3. The third-order valence-electron chi connectivity index (χ3n) is 4.49. The molecule has 3 aromatic carbocycles. The molecule has 8 nitrogen and oxygen atoms in total. The predicted octanol–water partition coefficient (Wildman–Crippen LogP) is 4.91. The molecule has 0 aromatic heterocycles. The van der Waals surface area contributed by atoms with E-state index in [1.807, 2.05) is 24.3 Å². The van der Waals surface area contributed by atoms with Gasteiger partial charge in [0.15, 0.2) is 11.5 Å². The third-order valence-corrected chi connectivity index (χ3v) is 5.29. The van der Waals surface area contributed by atoms with Gasteiger partial charge in [0, 0.05) is 11.3 Å². The number of methoxy groups -OCH3 is 2. The number of nitrogens with one attached hydrogen (secondary N) is 2. The minimum atomic E-state index is -0.478. The van der Waals surface area contributed by atoms with E-state index < -0.39 is 6.03 Å². The first-order valence-electron chi connectivity index (χ1n) is 9.76. The fourth-order valence-electron chi connectivity index (χ4n) is 2.86. The number of halogens is 1. The van der Waals surface area contributed by atoms with Crippen LogP contribution < -0.4 is 25.0 Å². The predicted molar refractivity (Wildman–Crippen MR) is 134 cm³/mol. The molecular weight excluding hydrogens is 535 g/mol. The Bertz CT molecular complexity index is 1190. The van der Waals surface area contributed by atoms with Crippen LogP contribution in [-0.4, -0.2) is 26.5 Å². The number of urea groups is 1. The van der Waals surface area contributed by atoms with Gasteiger partial charge in [0.05, 0.1) is 35.6 Å². The number of benzene rings is 3. The molecule has 0 saturated carbocycles. The summed E-state index contributed by atoms with van der Waals surface area (Å²) < 4.78 is 17.3. The lowest BCUT2D eigenvalue weighted by molar-refractivity contribution is 0.252. The Morgan fingerprint density at radius 2 is 1.88 bits per heavy atom. The zero-order valence-corrected chi connectivity index (χ0v) is 20.1. The van der Waals surface area contributed by atoms with E-state index in [1.54, 1.807) is 50.6 Å². The molecule has 0 aliphatic rings. The molecule has 33 heavy (non-hydrogen) atoms. The Labute approximate surface area is 205 Å². The lowest BCUT2D eigenvalue weighted by Crippen LogP contribution is -2.24. The van der Waals surface area contributed by atoms with Crippen LogP contribution in [0.1, 0.15) is 16.7 Å². The molecule has 3 aromatic rings. The maximum absolute atomic E-state index is 12.0. The maximum atomic E-state index is 12.0. The normalized spacial score (nSPS) is 10.4. The first kappa shape index (κ1) is 23.9. The highest BCUT2D eigenvalue weighted by Crippen LogP contribution is 2.34. The molecule has 0 atom stereocenters. The van der Waals surface area contributed by atoms with Crippen molar-refractivity contribution in [1.82, 2.24) is 5.43 Å². The van der Waals surface area contributed by atoms with Gasteiger partial charge in [-0.05, 0) is 70.6 Å². The number of hydrogen-bond donors (Lipinski definition) is 2. The molecule has 0 saturated heterocycles. The summed E-state index contributed by atoms with van der Waals surface area (Å²) in [4.78, 5) is 12.0. The van der Waals surface area contributed by atoms with E-state index >= 15 is 0 Å². The van der Waals surface area contributed by atoms with Gasteiger partial charge in [0.25, 0.3) is 0 Å². The van der Waals surface area contributed by atoms with Crippen LogP contribution in [0.3, 0.4) is 0 Å². The van der Waals surface area contributed by atoms with Gasteiger partial charge in [0.1, 0.15) is 12.4 Å². The number of nitriles is 1. The van der Waals surface area contributed by atoms with Crippen molar-refractivity contribution >= 4 is 40.5 Å². The number of hydrogen-bond acceptors (Lipinski definition) is 6. The lowest BCUT2D eigenvalue weighted by Gasteiger charge is -2.14. The zero-order valence-electron chi connectivity index (χ0n) is 18.0. The van der Waals surface area contributed by atoms with E-state index in [0.717, 1.165) is 9.13 Å². The van der Waals surface area contributed by atoms with Crippen molar-refractivity contribution in [3.05, 3.63) is 80.9 Å². The van der Waals surface area contributed by atoms with Crippen molar-refractivity contribution in [2.75, 3.05) is 19.5 Å². The topological polar surface area (TPSA) is 105 Å². The quantitative estimate of drug-likeness (QED) is 0.233. The summed E-state index contributed by atoms with van der Waals surface area (Å²) in [6.45, 7) is 0.233. The number of anilines is 1. The number of nitrogens with zero attached hydrogens (tertiary/aromatic N) is 2. The zero-order chi connectivity index (χ0) is 23.6. The first-order chi connectivity index (χ1) is 16.0. The van der Waals surface area contributed by atoms with Crippen LogP contribution in [0.25, 0.3) is 0 Å². The second kappa shape index (κ2) is 11.7. The molecule has 0 aliphatic carbocycles. The highest BCUT2D eigenvalue weighted by molar-refractivity contribution is 14.1. The average molecular weight is 556 g/mol. The van der Waals surface area contributed by atoms with Crippen molar-refractivity contribution in [2.45, 2.75) is 6.61 Å². The number of hydrazone groups is 1. The summed E-state index contributed by atoms with van der Waals surface area (Å²) >= 11 is 2.14. The van der Waals surface area contributed by atoms with Crippen LogP contribution in [-0.2, 0) is 6.61 Å². The Morgan fingerprint density at radius 1 is 1.12 bits per heavy atom.